The third-order valence-corrected chi connectivity index (χ3v) is 5.25. The monoisotopic (exact) mass is 357 g/mol. The first kappa shape index (κ1) is 17.3. The van der Waals surface area contributed by atoms with Crippen molar-refractivity contribution in [2.45, 2.75) is 34.2 Å². The summed E-state index contributed by atoms with van der Waals surface area (Å²) in [6.07, 6.45) is 3.67. The molecule has 0 aliphatic carbocycles. The van der Waals surface area contributed by atoms with Gasteiger partial charge in [0.15, 0.2) is 0 Å². The molecule has 4 aromatic rings. The Kier molecular flexibility index (Phi) is 4.19. The van der Waals surface area contributed by atoms with Crippen LogP contribution < -0.4 is 5.56 Å². The molecule has 0 atom stereocenters. The lowest BCUT2D eigenvalue weighted by Gasteiger charge is -2.10. The van der Waals surface area contributed by atoms with Crippen molar-refractivity contribution < 1.29 is 0 Å². The predicted octanol–water partition coefficient (Wildman–Crippen LogP) is 4.44. The number of benzene rings is 2. The number of hydrogen-bond acceptors (Lipinski definition) is 2. The van der Waals surface area contributed by atoms with E-state index in [9.17, 15) is 4.79 Å². The van der Waals surface area contributed by atoms with E-state index in [0.717, 1.165) is 16.8 Å². The average Bonchev–Trinajstić information content (AvgIpc) is 3.08. The highest BCUT2D eigenvalue weighted by molar-refractivity contribution is 5.66. The van der Waals surface area contributed by atoms with Gasteiger partial charge in [0, 0.05) is 18.0 Å². The number of nitrogens with zero attached hydrogens (tertiary/aromatic N) is 3. The normalized spacial score (nSPS) is 11.3. The summed E-state index contributed by atoms with van der Waals surface area (Å²) in [5, 5.41) is 4.60. The number of rotatable bonds is 3. The summed E-state index contributed by atoms with van der Waals surface area (Å²) in [5.74, 6) is 0. The zero-order chi connectivity index (χ0) is 19.1. The Bertz CT molecular complexity index is 1210. The Morgan fingerprint density at radius 2 is 1.63 bits per heavy atom. The lowest BCUT2D eigenvalue weighted by molar-refractivity contribution is 0.739. The van der Waals surface area contributed by atoms with Gasteiger partial charge >= 0.3 is 0 Å². The summed E-state index contributed by atoms with van der Waals surface area (Å²) in [6, 6.07) is 14.5. The van der Waals surface area contributed by atoms with E-state index in [-0.39, 0.29) is 5.56 Å². The molecule has 0 amide bonds. The van der Waals surface area contributed by atoms with E-state index in [1.54, 1.807) is 9.08 Å². The molecule has 0 aliphatic heterocycles. The van der Waals surface area contributed by atoms with Crippen LogP contribution in [0.25, 0.3) is 16.8 Å². The second-order valence-corrected chi connectivity index (χ2v) is 7.32. The first-order valence-electron chi connectivity index (χ1n) is 9.15. The van der Waals surface area contributed by atoms with Gasteiger partial charge in [-0.15, -0.1) is 0 Å². The molecule has 0 radical (unpaired) electrons. The highest BCUT2D eigenvalue weighted by atomic mass is 16.1. The Morgan fingerprint density at radius 3 is 2.41 bits per heavy atom. The van der Waals surface area contributed by atoms with Gasteiger partial charge in [-0.2, -0.15) is 5.10 Å². The Balaban J connectivity index is 1.77. The molecule has 0 spiro atoms. The van der Waals surface area contributed by atoms with Gasteiger partial charge in [0.25, 0.3) is 5.56 Å². The molecule has 136 valence electrons. The van der Waals surface area contributed by atoms with Gasteiger partial charge in [-0.25, -0.2) is 4.52 Å². The number of aromatic nitrogens is 3. The zero-order valence-electron chi connectivity index (χ0n) is 16.2. The van der Waals surface area contributed by atoms with E-state index in [4.69, 9.17) is 0 Å². The molecular weight excluding hydrogens is 334 g/mol. The Morgan fingerprint density at radius 1 is 0.852 bits per heavy atom. The van der Waals surface area contributed by atoms with Gasteiger partial charge < -0.3 is 4.57 Å². The van der Waals surface area contributed by atoms with Crippen LogP contribution in [-0.2, 0) is 6.54 Å². The molecule has 0 fully saturated rings. The zero-order valence-corrected chi connectivity index (χ0v) is 16.2. The smallest absolute Gasteiger partial charge is 0.276 e. The van der Waals surface area contributed by atoms with E-state index < -0.39 is 0 Å². The third-order valence-electron chi connectivity index (χ3n) is 5.25. The van der Waals surface area contributed by atoms with Gasteiger partial charge in [0.05, 0.1) is 12.2 Å². The van der Waals surface area contributed by atoms with E-state index >= 15 is 0 Å². The third kappa shape index (κ3) is 3.19. The SMILES string of the molecule is Cc1ccc(C)c(Cn2ccn3nc(-c4ccc(C)c(C)c4)cc3c2=O)c1. The molecule has 0 N–H and O–H groups in total. The van der Waals surface area contributed by atoms with Crippen LogP contribution in [0.4, 0.5) is 0 Å². The van der Waals surface area contributed by atoms with Gasteiger partial charge in [-0.1, -0.05) is 35.9 Å². The van der Waals surface area contributed by atoms with Crippen LogP contribution >= 0.6 is 0 Å². The van der Waals surface area contributed by atoms with Crippen LogP contribution in [0.1, 0.15) is 27.8 Å². The highest BCUT2D eigenvalue weighted by Gasteiger charge is 2.11. The van der Waals surface area contributed by atoms with Crippen molar-refractivity contribution in [1.29, 1.82) is 0 Å². The van der Waals surface area contributed by atoms with Crippen LogP contribution in [-0.4, -0.2) is 14.2 Å². The van der Waals surface area contributed by atoms with Crippen molar-refractivity contribution in [2.24, 2.45) is 0 Å². The lowest BCUT2D eigenvalue weighted by atomic mass is 10.0. The van der Waals surface area contributed by atoms with E-state index in [2.05, 4.69) is 69.2 Å². The highest BCUT2D eigenvalue weighted by Crippen LogP contribution is 2.21. The van der Waals surface area contributed by atoms with Crippen LogP contribution in [0.3, 0.4) is 0 Å². The van der Waals surface area contributed by atoms with Crippen LogP contribution in [0.2, 0.25) is 0 Å². The Labute approximate surface area is 158 Å². The average molecular weight is 357 g/mol. The fourth-order valence-electron chi connectivity index (χ4n) is 3.35. The van der Waals surface area contributed by atoms with E-state index in [1.165, 1.54) is 22.3 Å². The van der Waals surface area contributed by atoms with Crippen molar-refractivity contribution in [3.8, 4) is 11.3 Å². The molecule has 0 aliphatic rings. The fourth-order valence-corrected chi connectivity index (χ4v) is 3.35. The molecule has 4 heteroatoms. The van der Waals surface area contributed by atoms with Gasteiger partial charge in [-0.3, -0.25) is 4.79 Å². The molecule has 0 unspecified atom stereocenters. The standard InChI is InChI=1S/C23H23N3O/c1-15-5-6-17(3)20(11-15)14-25-9-10-26-22(23(25)27)13-21(24-26)19-8-7-16(2)18(4)12-19/h5-13H,14H2,1-4H3. The maximum absolute atomic E-state index is 13.0. The summed E-state index contributed by atoms with van der Waals surface area (Å²) >= 11 is 0. The van der Waals surface area contributed by atoms with Crippen molar-refractivity contribution in [2.75, 3.05) is 0 Å². The minimum atomic E-state index is -0.0269. The molecule has 2 heterocycles. The minimum absolute atomic E-state index is 0.0269. The molecule has 4 nitrogen and oxygen atoms in total. The van der Waals surface area contributed by atoms with Crippen LogP contribution in [0.5, 0.6) is 0 Å². The van der Waals surface area contributed by atoms with Gasteiger partial charge in [0.1, 0.15) is 5.52 Å². The molecule has 0 bridgehead atoms. The second-order valence-electron chi connectivity index (χ2n) is 7.32. The summed E-state index contributed by atoms with van der Waals surface area (Å²) < 4.78 is 3.43. The quantitative estimate of drug-likeness (QED) is 0.543. The van der Waals surface area contributed by atoms with Crippen molar-refractivity contribution in [3.05, 3.63) is 93.0 Å². The van der Waals surface area contributed by atoms with E-state index in [1.807, 2.05) is 18.5 Å². The fraction of sp³-hybridized carbons (Fsp3) is 0.217. The summed E-state index contributed by atoms with van der Waals surface area (Å²) in [4.78, 5) is 13.0. The summed E-state index contributed by atoms with van der Waals surface area (Å²) in [6.45, 7) is 8.89. The number of aryl methyl sites for hydroxylation is 4. The summed E-state index contributed by atoms with van der Waals surface area (Å²) in [7, 11) is 0. The van der Waals surface area contributed by atoms with E-state index in [0.29, 0.717) is 12.1 Å². The first-order chi connectivity index (χ1) is 12.9. The maximum Gasteiger partial charge on any atom is 0.276 e. The molecule has 4 rings (SSSR count). The second kappa shape index (κ2) is 6.54. The molecule has 2 aromatic carbocycles. The molecular formula is C23H23N3O. The van der Waals surface area contributed by atoms with Gasteiger partial charge in [0.2, 0.25) is 0 Å². The maximum atomic E-state index is 13.0. The van der Waals surface area contributed by atoms with Crippen molar-refractivity contribution in [1.82, 2.24) is 14.2 Å². The lowest BCUT2D eigenvalue weighted by Crippen LogP contribution is -2.22. The Hall–Kier alpha value is -3.14. The molecule has 0 saturated carbocycles. The number of fused-ring (bicyclic) bond motifs is 1. The molecule has 0 saturated heterocycles. The van der Waals surface area contributed by atoms with Crippen LogP contribution in [0, 0.1) is 27.7 Å². The molecule has 27 heavy (non-hydrogen) atoms. The first-order valence-corrected chi connectivity index (χ1v) is 9.15. The predicted molar refractivity (Wildman–Crippen MR) is 109 cm³/mol. The largest absolute Gasteiger partial charge is 0.308 e. The molecule has 2 aromatic heterocycles. The number of hydrogen-bond donors (Lipinski definition) is 0. The summed E-state index contributed by atoms with van der Waals surface area (Å²) in [5.41, 5.74) is 8.44. The topological polar surface area (TPSA) is 39.3 Å². The van der Waals surface area contributed by atoms with Crippen LogP contribution in [0.15, 0.2) is 59.7 Å². The van der Waals surface area contributed by atoms with Crippen molar-refractivity contribution >= 4 is 5.52 Å². The van der Waals surface area contributed by atoms with Crippen molar-refractivity contribution in [3.63, 3.8) is 0 Å². The van der Waals surface area contributed by atoms with Gasteiger partial charge in [-0.05, 0) is 62.1 Å². The minimum Gasteiger partial charge on any atom is -0.308 e.